The second-order valence-corrected chi connectivity index (χ2v) is 4.29. The number of ether oxygens (including phenoxy) is 1. The Labute approximate surface area is 88.0 Å². The van der Waals surface area contributed by atoms with E-state index in [9.17, 15) is 0 Å². The van der Waals surface area contributed by atoms with Gasteiger partial charge >= 0.3 is 0 Å². The Morgan fingerprint density at radius 3 is 2.00 bits per heavy atom. The molecule has 0 saturated carbocycles. The maximum Gasteiger partial charge on any atom is 0.147 e. The van der Waals surface area contributed by atoms with Crippen LogP contribution in [0.25, 0.3) is 0 Å². The molecule has 3 nitrogen and oxygen atoms in total. The minimum Gasteiger partial charge on any atom is -0.379 e. The molecular weight excluding hydrogens is 176 g/mol. The second-order valence-electron chi connectivity index (χ2n) is 4.29. The molecule has 1 heterocycles. The molecule has 0 aromatic rings. The monoisotopic (exact) mass is 198 g/mol. The van der Waals surface area contributed by atoms with E-state index in [1.807, 2.05) is 0 Å². The van der Waals surface area contributed by atoms with Crippen LogP contribution in [0.2, 0.25) is 0 Å². The highest BCUT2D eigenvalue weighted by molar-refractivity contribution is 4.78. The summed E-state index contributed by atoms with van der Waals surface area (Å²) in [5.41, 5.74) is 0. The van der Waals surface area contributed by atoms with Gasteiger partial charge in [-0.15, -0.1) is 0 Å². The first-order valence-electron chi connectivity index (χ1n) is 5.48. The van der Waals surface area contributed by atoms with Crippen molar-refractivity contribution in [2.24, 2.45) is 0 Å². The molecular formula is C11H22N2O. The lowest BCUT2D eigenvalue weighted by Gasteiger charge is -2.35. The van der Waals surface area contributed by atoms with Crippen molar-refractivity contribution in [2.45, 2.75) is 39.8 Å². The molecule has 2 radical (unpaired) electrons. The van der Waals surface area contributed by atoms with Crippen molar-refractivity contribution in [2.75, 3.05) is 26.3 Å². The van der Waals surface area contributed by atoms with E-state index in [2.05, 4.69) is 44.2 Å². The third kappa shape index (κ3) is 3.56. The van der Waals surface area contributed by atoms with Gasteiger partial charge in [-0.2, -0.15) is 0 Å². The number of nitrogens with zero attached hydrogens (tertiary/aromatic N) is 2. The molecule has 1 saturated heterocycles. The maximum absolute atomic E-state index is 5.30. The van der Waals surface area contributed by atoms with Crippen molar-refractivity contribution in [1.29, 1.82) is 0 Å². The minimum atomic E-state index is 0.512. The predicted octanol–water partition coefficient (Wildman–Crippen LogP) is 1.43. The van der Waals surface area contributed by atoms with Gasteiger partial charge in [0.25, 0.3) is 0 Å². The van der Waals surface area contributed by atoms with Gasteiger partial charge in [0.2, 0.25) is 0 Å². The summed E-state index contributed by atoms with van der Waals surface area (Å²) in [6, 6.07) is 1.02. The molecule has 0 unspecified atom stereocenters. The summed E-state index contributed by atoms with van der Waals surface area (Å²) < 4.78 is 5.30. The van der Waals surface area contributed by atoms with Crippen LogP contribution in [-0.4, -0.2) is 48.2 Å². The smallest absolute Gasteiger partial charge is 0.147 e. The second kappa shape index (κ2) is 5.69. The van der Waals surface area contributed by atoms with Crippen LogP contribution in [-0.2, 0) is 4.74 Å². The van der Waals surface area contributed by atoms with Gasteiger partial charge in [0.1, 0.15) is 6.67 Å². The van der Waals surface area contributed by atoms with Crippen LogP contribution in [0.4, 0.5) is 0 Å². The average molecular weight is 198 g/mol. The van der Waals surface area contributed by atoms with E-state index >= 15 is 0 Å². The average Bonchev–Trinajstić information content (AvgIpc) is 2.15. The van der Waals surface area contributed by atoms with Gasteiger partial charge in [-0.25, -0.2) is 0 Å². The highest BCUT2D eigenvalue weighted by Crippen LogP contribution is 2.11. The Kier molecular flexibility index (Phi) is 4.85. The van der Waals surface area contributed by atoms with Crippen LogP contribution in [0.1, 0.15) is 27.7 Å². The Morgan fingerprint density at radius 1 is 1.07 bits per heavy atom. The zero-order chi connectivity index (χ0) is 10.6. The Morgan fingerprint density at radius 2 is 1.57 bits per heavy atom. The first-order valence-corrected chi connectivity index (χ1v) is 5.48. The van der Waals surface area contributed by atoms with Gasteiger partial charge in [-0.05, 0) is 27.7 Å². The maximum atomic E-state index is 5.30. The lowest BCUT2D eigenvalue weighted by molar-refractivity contribution is 0.0243. The van der Waals surface area contributed by atoms with Gasteiger partial charge in [0.15, 0.2) is 0 Å². The van der Waals surface area contributed by atoms with E-state index in [0.29, 0.717) is 12.1 Å². The number of morpholine rings is 1. The minimum absolute atomic E-state index is 0.512. The van der Waals surface area contributed by atoms with Gasteiger partial charge in [-0.1, -0.05) is 0 Å². The fourth-order valence-electron chi connectivity index (χ4n) is 1.65. The van der Waals surface area contributed by atoms with Crippen molar-refractivity contribution < 1.29 is 4.74 Å². The van der Waals surface area contributed by atoms with E-state index in [1.54, 1.807) is 0 Å². The fraction of sp³-hybridized carbons (Fsp3) is 0.909. The Bertz CT molecular complexity index is 145. The summed E-state index contributed by atoms with van der Waals surface area (Å²) in [7, 11) is 0. The molecule has 0 amide bonds. The van der Waals surface area contributed by atoms with Crippen LogP contribution in [0.3, 0.4) is 0 Å². The van der Waals surface area contributed by atoms with Gasteiger partial charge in [-0.3, -0.25) is 9.80 Å². The molecule has 0 aliphatic carbocycles. The molecule has 0 bridgehead atoms. The van der Waals surface area contributed by atoms with Gasteiger partial charge in [0, 0.05) is 25.2 Å². The molecule has 1 fully saturated rings. The number of rotatable bonds is 4. The standard InChI is InChI=1S/C11H22N2O/c1-10(2)13(11(3)4)9-12-5-7-14-8-6-12/h10-11H,5-8H2,1-4H3. The first-order chi connectivity index (χ1) is 6.61. The number of hydrogen-bond acceptors (Lipinski definition) is 3. The van der Waals surface area contributed by atoms with Gasteiger partial charge < -0.3 is 4.74 Å². The molecule has 1 rings (SSSR count). The molecule has 14 heavy (non-hydrogen) atoms. The predicted molar refractivity (Wildman–Crippen MR) is 57.7 cm³/mol. The van der Waals surface area contributed by atoms with Crippen LogP contribution >= 0.6 is 0 Å². The zero-order valence-electron chi connectivity index (χ0n) is 9.79. The summed E-state index contributed by atoms with van der Waals surface area (Å²) in [5, 5.41) is 0. The largest absolute Gasteiger partial charge is 0.379 e. The molecule has 82 valence electrons. The molecule has 1 aliphatic heterocycles. The Hall–Kier alpha value is -0.120. The topological polar surface area (TPSA) is 15.7 Å². The SMILES string of the molecule is CC(C)N([C]N1CCOCC1)C(C)C. The molecule has 3 heteroatoms. The summed E-state index contributed by atoms with van der Waals surface area (Å²) in [4.78, 5) is 4.49. The summed E-state index contributed by atoms with van der Waals surface area (Å²) >= 11 is 0. The molecule has 1 aliphatic rings. The third-order valence-electron chi connectivity index (χ3n) is 2.38. The van der Waals surface area contributed by atoms with E-state index in [4.69, 9.17) is 4.74 Å². The van der Waals surface area contributed by atoms with E-state index in [0.717, 1.165) is 26.3 Å². The fourth-order valence-corrected chi connectivity index (χ4v) is 1.65. The summed E-state index contributed by atoms with van der Waals surface area (Å²) in [6.45, 7) is 15.8. The van der Waals surface area contributed by atoms with Crippen molar-refractivity contribution in [3.05, 3.63) is 6.67 Å². The van der Waals surface area contributed by atoms with E-state index < -0.39 is 0 Å². The summed E-state index contributed by atoms with van der Waals surface area (Å²) in [6.07, 6.45) is 0. The highest BCUT2D eigenvalue weighted by atomic mass is 16.5. The van der Waals surface area contributed by atoms with Crippen molar-refractivity contribution >= 4 is 0 Å². The molecule has 0 aromatic carbocycles. The van der Waals surface area contributed by atoms with Crippen LogP contribution in [0.5, 0.6) is 0 Å². The zero-order valence-corrected chi connectivity index (χ0v) is 9.79. The normalized spacial score (nSPS) is 19.9. The molecule has 0 atom stereocenters. The van der Waals surface area contributed by atoms with Crippen molar-refractivity contribution in [3.63, 3.8) is 0 Å². The quantitative estimate of drug-likeness (QED) is 0.636. The van der Waals surface area contributed by atoms with Gasteiger partial charge in [0.05, 0.1) is 13.2 Å². The van der Waals surface area contributed by atoms with Crippen molar-refractivity contribution in [3.8, 4) is 0 Å². The molecule has 0 spiro atoms. The number of hydrogen-bond donors (Lipinski definition) is 0. The molecule has 0 N–H and O–H groups in total. The van der Waals surface area contributed by atoms with Crippen LogP contribution in [0, 0.1) is 6.67 Å². The first kappa shape index (κ1) is 12.0. The third-order valence-corrected chi connectivity index (χ3v) is 2.38. The van der Waals surface area contributed by atoms with Crippen LogP contribution < -0.4 is 0 Å². The van der Waals surface area contributed by atoms with E-state index in [-0.39, 0.29) is 0 Å². The summed E-state index contributed by atoms with van der Waals surface area (Å²) in [5.74, 6) is 0. The highest BCUT2D eigenvalue weighted by Gasteiger charge is 2.20. The lowest BCUT2D eigenvalue weighted by atomic mass is 10.2. The lowest BCUT2D eigenvalue weighted by Crippen LogP contribution is -2.44. The Balaban J connectivity index is 2.37. The van der Waals surface area contributed by atoms with Crippen LogP contribution in [0.15, 0.2) is 0 Å². The van der Waals surface area contributed by atoms with Crippen molar-refractivity contribution in [1.82, 2.24) is 9.80 Å². The molecule has 0 aromatic heterocycles. The van der Waals surface area contributed by atoms with E-state index in [1.165, 1.54) is 0 Å².